The molecule has 0 spiro atoms. The number of carbonyl (C=O) groups is 1. The van der Waals surface area contributed by atoms with Gasteiger partial charge in [-0.2, -0.15) is 0 Å². The van der Waals surface area contributed by atoms with Crippen molar-refractivity contribution in [2.75, 3.05) is 13.1 Å². The molecular weight excluding hydrogens is 302 g/mol. The van der Waals surface area contributed by atoms with E-state index in [9.17, 15) is 13.6 Å². The smallest absolute Gasteiger partial charge is 0.410 e. The second-order valence-electron chi connectivity index (χ2n) is 6.84. The minimum atomic E-state index is -1.16. The molecule has 23 heavy (non-hydrogen) atoms. The fraction of sp³-hybridized carbons (Fsp3) is 0.588. The zero-order valence-electron chi connectivity index (χ0n) is 13.8. The average Bonchev–Trinajstić information content (AvgIpc) is 2.46. The van der Waals surface area contributed by atoms with Crippen molar-refractivity contribution in [3.05, 3.63) is 35.6 Å². The number of hydrogen-bond acceptors (Lipinski definition) is 3. The highest BCUT2D eigenvalue weighted by Crippen LogP contribution is 2.18. The summed E-state index contributed by atoms with van der Waals surface area (Å²) in [4.78, 5) is 13.4. The molecule has 1 saturated heterocycles. The number of halogens is 2. The summed E-state index contributed by atoms with van der Waals surface area (Å²) >= 11 is 0. The summed E-state index contributed by atoms with van der Waals surface area (Å²) in [6, 6.07) is 5.79. The van der Waals surface area contributed by atoms with Gasteiger partial charge in [-0.25, -0.2) is 13.6 Å². The van der Waals surface area contributed by atoms with E-state index in [2.05, 4.69) is 5.32 Å². The predicted molar refractivity (Wildman–Crippen MR) is 84.3 cm³/mol. The maximum Gasteiger partial charge on any atom is 0.410 e. The number of carbonyl (C=O) groups excluding carboxylic acids is 1. The lowest BCUT2D eigenvalue weighted by Crippen LogP contribution is -2.53. The average molecular weight is 326 g/mol. The SMILES string of the molecule is CC(C)(C)OC(=O)N1CCC(NCc2ccc(F)cc2)C(F)C1. The van der Waals surface area contributed by atoms with Crippen LogP contribution in [0.5, 0.6) is 0 Å². The third-order valence-electron chi connectivity index (χ3n) is 3.67. The van der Waals surface area contributed by atoms with Crippen LogP contribution in [0.2, 0.25) is 0 Å². The molecule has 6 heteroatoms. The Balaban J connectivity index is 1.82. The number of alkyl halides is 1. The molecule has 1 aromatic carbocycles. The molecule has 2 rings (SSSR count). The highest BCUT2D eigenvalue weighted by Gasteiger charge is 2.33. The van der Waals surface area contributed by atoms with E-state index < -0.39 is 17.9 Å². The molecule has 1 fully saturated rings. The minimum absolute atomic E-state index is 0.0238. The number of nitrogens with zero attached hydrogens (tertiary/aromatic N) is 1. The summed E-state index contributed by atoms with van der Waals surface area (Å²) in [6.45, 7) is 6.31. The maximum atomic E-state index is 14.3. The molecule has 1 N–H and O–H groups in total. The number of hydrogen-bond donors (Lipinski definition) is 1. The van der Waals surface area contributed by atoms with Crippen LogP contribution in [-0.2, 0) is 11.3 Å². The van der Waals surface area contributed by atoms with E-state index in [-0.39, 0.29) is 18.4 Å². The van der Waals surface area contributed by atoms with Crippen molar-refractivity contribution in [2.24, 2.45) is 0 Å². The van der Waals surface area contributed by atoms with Gasteiger partial charge in [0.25, 0.3) is 0 Å². The summed E-state index contributed by atoms with van der Waals surface area (Å²) in [7, 11) is 0. The summed E-state index contributed by atoms with van der Waals surface area (Å²) in [6.07, 6.45) is -1.12. The minimum Gasteiger partial charge on any atom is -0.444 e. The molecule has 1 aliphatic heterocycles. The molecule has 0 saturated carbocycles. The first kappa shape index (κ1) is 17.7. The fourth-order valence-electron chi connectivity index (χ4n) is 2.48. The van der Waals surface area contributed by atoms with Crippen molar-refractivity contribution in [1.82, 2.24) is 10.2 Å². The Morgan fingerprint density at radius 1 is 1.35 bits per heavy atom. The van der Waals surface area contributed by atoms with Crippen molar-refractivity contribution < 1.29 is 18.3 Å². The van der Waals surface area contributed by atoms with E-state index in [1.54, 1.807) is 32.9 Å². The standard InChI is InChI=1S/C17H24F2N2O2/c1-17(2,3)23-16(22)21-9-8-15(14(19)11-21)20-10-12-4-6-13(18)7-5-12/h4-7,14-15,20H,8-11H2,1-3H3. The van der Waals surface area contributed by atoms with E-state index in [4.69, 9.17) is 4.74 Å². The number of piperidine rings is 1. The fourth-order valence-corrected chi connectivity index (χ4v) is 2.48. The van der Waals surface area contributed by atoms with Crippen LogP contribution < -0.4 is 5.32 Å². The van der Waals surface area contributed by atoms with Crippen molar-refractivity contribution in [2.45, 2.75) is 51.6 Å². The Morgan fingerprint density at radius 2 is 2.00 bits per heavy atom. The normalized spacial score (nSPS) is 22.0. The van der Waals surface area contributed by atoms with Gasteiger partial charge in [-0.05, 0) is 44.9 Å². The van der Waals surface area contributed by atoms with Crippen LogP contribution in [-0.4, -0.2) is 41.9 Å². The molecule has 2 atom stereocenters. The monoisotopic (exact) mass is 326 g/mol. The van der Waals surface area contributed by atoms with Gasteiger partial charge >= 0.3 is 6.09 Å². The molecule has 1 heterocycles. The van der Waals surface area contributed by atoms with Crippen LogP contribution in [0.4, 0.5) is 13.6 Å². The first-order valence-corrected chi connectivity index (χ1v) is 7.84. The second-order valence-corrected chi connectivity index (χ2v) is 6.84. The van der Waals surface area contributed by atoms with Crippen molar-refractivity contribution in [1.29, 1.82) is 0 Å². The number of nitrogens with one attached hydrogen (secondary N) is 1. The van der Waals surface area contributed by atoms with E-state index in [0.717, 1.165) is 5.56 Å². The molecule has 1 amide bonds. The lowest BCUT2D eigenvalue weighted by atomic mass is 10.0. The number of ether oxygens (including phenoxy) is 1. The van der Waals surface area contributed by atoms with Crippen molar-refractivity contribution in [3.8, 4) is 0 Å². The third-order valence-corrected chi connectivity index (χ3v) is 3.67. The maximum absolute atomic E-state index is 14.3. The summed E-state index contributed by atoms with van der Waals surface area (Å²) < 4.78 is 32.4. The topological polar surface area (TPSA) is 41.6 Å². The van der Waals surface area contributed by atoms with Gasteiger partial charge in [0.2, 0.25) is 0 Å². The Hall–Kier alpha value is -1.69. The molecule has 1 aliphatic rings. The lowest BCUT2D eigenvalue weighted by Gasteiger charge is -2.36. The number of benzene rings is 1. The van der Waals surface area contributed by atoms with Gasteiger partial charge in [-0.3, -0.25) is 0 Å². The molecule has 128 valence electrons. The highest BCUT2D eigenvalue weighted by atomic mass is 19.1. The number of likely N-dealkylation sites (tertiary alicyclic amines) is 1. The van der Waals surface area contributed by atoms with Crippen LogP contribution in [0.25, 0.3) is 0 Å². The molecule has 0 radical (unpaired) electrons. The van der Waals surface area contributed by atoms with Crippen LogP contribution in [0.1, 0.15) is 32.8 Å². The third kappa shape index (κ3) is 5.46. The van der Waals surface area contributed by atoms with E-state index in [1.807, 2.05) is 0 Å². The van der Waals surface area contributed by atoms with Gasteiger partial charge in [0, 0.05) is 19.1 Å². The number of rotatable bonds is 3. The van der Waals surface area contributed by atoms with Crippen LogP contribution in [0, 0.1) is 5.82 Å². The zero-order chi connectivity index (χ0) is 17.0. The van der Waals surface area contributed by atoms with Gasteiger partial charge < -0.3 is 15.0 Å². The van der Waals surface area contributed by atoms with Gasteiger partial charge in [0.05, 0.1) is 6.54 Å². The van der Waals surface area contributed by atoms with Gasteiger partial charge in [0.1, 0.15) is 17.6 Å². The first-order valence-electron chi connectivity index (χ1n) is 7.84. The summed E-state index contributed by atoms with van der Waals surface area (Å²) in [5, 5.41) is 3.14. The van der Waals surface area contributed by atoms with E-state index in [0.29, 0.717) is 19.5 Å². The Labute approximate surface area is 135 Å². The molecule has 4 nitrogen and oxygen atoms in total. The molecule has 1 aromatic rings. The van der Waals surface area contributed by atoms with Crippen molar-refractivity contribution >= 4 is 6.09 Å². The number of amides is 1. The lowest BCUT2D eigenvalue weighted by molar-refractivity contribution is 0.00934. The van der Waals surface area contributed by atoms with Gasteiger partial charge in [-0.15, -0.1) is 0 Å². The molecule has 0 aromatic heterocycles. The van der Waals surface area contributed by atoms with E-state index >= 15 is 0 Å². The molecule has 0 bridgehead atoms. The summed E-state index contributed by atoms with van der Waals surface area (Å²) in [5.74, 6) is -0.289. The predicted octanol–water partition coefficient (Wildman–Crippen LogP) is 3.26. The van der Waals surface area contributed by atoms with E-state index in [1.165, 1.54) is 17.0 Å². The second kappa shape index (κ2) is 7.25. The molecule has 0 aliphatic carbocycles. The first-order chi connectivity index (χ1) is 10.7. The van der Waals surface area contributed by atoms with Crippen LogP contribution in [0.3, 0.4) is 0 Å². The van der Waals surface area contributed by atoms with Crippen LogP contribution >= 0.6 is 0 Å². The largest absolute Gasteiger partial charge is 0.444 e. The Kier molecular flexibility index (Phi) is 5.57. The molecular formula is C17H24F2N2O2. The van der Waals surface area contributed by atoms with Crippen molar-refractivity contribution in [3.63, 3.8) is 0 Å². The summed E-state index contributed by atoms with van der Waals surface area (Å²) in [5.41, 5.74) is 0.314. The van der Waals surface area contributed by atoms with Crippen LogP contribution in [0.15, 0.2) is 24.3 Å². The Bertz CT molecular complexity index is 528. The highest BCUT2D eigenvalue weighted by molar-refractivity contribution is 5.68. The van der Waals surface area contributed by atoms with Gasteiger partial charge in [0.15, 0.2) is 0 Å². The molecule has 2 unspecified atom stereocenters. The Morgan fingerprint density at radius 3 is 2.57 bits per heavy atom. The zero-order valence-corrected chi connectivity index (χ0v) is 13.8. The van der Waals surface area contributed by atoms with Gasteiger partial charge in [-0.1, -0.05) is 12.1 Å². The quantitative estimate of drug-likeness (QED) is 0.927.